The first-order valence-electron chi connectivity index (χ1n) is 6.71. The number of nitrogens with one attached hydrogen (secondary N) is 1. The molecule has 3 N–H and O–H groups in total. The summed E-state index contributed by atoms with van der Waals surface area (Å²) in [6.45, 7) is 3.40. The van der Waals surface area contributed by atoms with Crippen molar-refractivity contribution < 1.29 is 19.8 Å². The molecule has 1 aliphatic heterocycles. The number of urea groups is 1. The summed E-state index contributed by atoms with van der Waals surface area (Å²) in [6, 6.07) is -1.63. The molecule has 1 unspecified atom stereocenters. The van der Waals surface area contributed by atoms with Crippen LogP contribution in [-0.4, -0.2) is 77.4 Å². The van der Waals surface area contributed by atoms with E-state index in [1.54, 1.807) is 4.90 Å². The van der Waals surface area contributed by atoms with Crippen molar-refractivity contribution in [3.8, 4) is 0 Å². The molecular weight excluding hydrogens is 250 g/mol. The van der Waals surface area contributed by atoms with E-state index >= 15 is 0 Å². The zero-order valence-corrected chi connectivity index (χ0v) is 10.9. The van der Waals surface area contributed by atoms with Gasteiger partial charge in [0, 0.05) is 32.7 Å². The summed E-state index contributed by atoms with van der Waals surface area (Å²) < 4.78 is 0. The van der Waals surface area contributed by atoms with Crippen molar-refractivity contribution in [2.24, 2.45) is 5.92 Å². The van der Waals surface area contributed by atoms with Crippen LogP contribution in [0, 0.1) is 5.92 Å². The van der Waals surface area contributed by atoms with Crippen LogP contribution in [0.1, 0.15) is 12.8 Å². The van der Waals surface area contributed by atoms with Crippen molar-refractivity contribution in [1.82, 2.24) is 15.1 Å². The Bertz CT molecular complexity index is 338. The highest BCUT2D eigenvalue weighted by molar-refractivity contribution is 5.82. The Hall–Kier alpha value is -1.34. The maximum Gasteiger partial charge on any atom is 0.328 e. The molecule has 1 saturated carbocycles. The first kappa shape index (κ1) is 14.1. The van der Waals surface area contributed by atoms with Gasteiger partial charge in [0.25, 0.3) is 0 Å². The van der Waals surface area contributed by atoms with Crippen LogP contribution < -0.4 is 5.32 Å². The number of hydrogen-bond donors (Lipinski definition) is 3. The lowest BCUT2D eigenvalue weighted by Gasteiger charge is -2.35. The van der Waals surface area contributed by atoms with Crippen LogP contribution in [0.15, 0.2) is 0 Å². The van der Waals surface area contributed by atoms with Gasteiger partial charge in [-0.05, 0) is 18.8 Å². The van der Waals surface area contributed by atoms with Gasteiger partial charge in [0.05, 0.1) is 6.61 Å². The molecule has 108 valence electrons. The SMILES string of the molecule is O=C(O)C(CO)NC(=O)N1CCN(CC2CC2)CC1. The minimum absolute atomic E-state index is 0.410. The molecule has 2 fully saturated rings. The van der Waals surface area contributed by atoms with Crippen LogP contribution >= 0.6 is 0 Å². The van der Waals surface area contributed by atoms with E-state index in [-0.39, 0.29) is 0 Å². The fourth-order valence-electron chi connectivity index (χ4n) is 2.22. The van der Waals surface area contributed by atoms with Gasteiger partial charge in [-0.3, -0.25) is 4.90 Å². The zero-order chi connectivity index (χ0) is 13.8. The Balaban J connectivity index is 1.73. The number of piperazine rings is 1. The van der Waals surface area contributed by atoms with Crippen molar-refractivity contribution in [3.05, 3.63) is 0 Å². The maximum absolute atomic E-state index is 11.8. The lowest BCUT2D eigenvalue weighted by molar-refractivity contribution is -0.140. The molecule has 19 heavy (non-hydrogen) atoms. The molecule has 0 radical (unpaired) electrons. The summed E-state index contributed by atoms with van der Waals surface area (Å²) in [4.78, 5) is 26.5. The molecule has 0 aromatic rings. The Morgan fingerprint density at radius 3 is 2.32 bits per heavy atom. The molecule has 1 saturated heterocycles. The minimum Gasteiger partial charge on any atom is -0.480 e. The summed E-state index contributed by atoms with van der Waals surface area (Å²) in [5.41, 5.74) is 0. The lowest BCUT2D eigenvalue weighted by atomic mass is 10.3. The molecule has 0 aromatic carbocycles. The summed E-state index contributed by atoms with van der Waals surface area (Å²) >= 11 is 0. The second-order valence-corrected chi connectivity index (χ2v) is 5.25. The third kappa shape index (κ3) is 4.07. The molecule has 2 rings (SSSR count). The van der Waals surface area contributed by atoms with E-state index in [9.17, 15) is 9.59 Å². The average molecular weight is 271 g/mol. The molecule has 1 heterocycles. The number of carboxylic acid groups (broad SMARTS) is 1. The first-order chi connectivity index (χ1) is 9.10. The molecule has 1 aliphatic carbocycles. The quantitative estimate of drug-likeness (QED) is 0.607. The number of rotatable bonds is 5. The molecule has 7 nitrogen and oxygen atoms in total. The van der Waals surface area contributed by atoms with Gasteiger partial charge in [0.1, 0.15) is 0 Å². The van der Waals surface area contributed by atoms with Crippen LogP contribution in [0.5, 0.6) is 0 Å². The Morgan fingerprint density at radius 2 is 1.84 bits per heavy atom. The number of aliphatic carboxylic acids is 1. The predicted octanol–water partition coefficient (Wildman–Crippen LogP) is -0.831. The van der Waals surface area contributed by atoms with Gasteiger partial charge in [-0.15, -0.1) is 0 Å². The van der Waals surface area contributed by atoms with Crippen molar-refractivity contribution in [3.63, 3.8) is 0 Å². The highest BCUT2D eigenvalue weighted by Gasteiger charge is 2.28. The van der Waals surface area contributed by atoms with Gasteiger partial charge in [0.15, 0.2) is 6.04 Å². The number of carboxylic acids is 1. The van der Waals surface area contributed by atoms with Crippen molar-refractivity contribution in [2.45, 2.75) is 18.9 Å². The topological polar surface area (TPSA) is 93.1 Å². The smallest absolute Gasteiger partial charge is 0.328 e. The van der Waals surface area contributed by atoms with E-state index < -0.39 is 24.6 Å². The zero-order valence-electron chi connectivity index (χ0n) is 10.9. The average Bonchev–Trinajstić information content (AvgIpc) is 3.20. The van der Waals surface area contributed by atoms with Crippen LogP contribution in [-0.2, 0) is 4.79 Å². The number of nitrogens with zero attached hydrogens (tertiary/aromatic N) is 2. The van der Waals surface area contributed by atoms with Crippen molar-refractivity contribution in [1.29, 1.82) is 0 Å². The Kier molecular flexibility index (Phi) is 4.60. The van der Waals surface area contributed by atoms with E-state index in [4.69, 9.17) is 10.2 Å². The van der Waals surface area contributed by atoms with Crippen LogP contribution in [0.2, 0.25) is 0 Å². The van der Waals surface area contributed by atoms with Gasteiger partial charge >= 0.3 is 12.0 Å². The second-order valence-electron chi connectivity index (χ2n) is 5.25. The van der Waals surface area contributed by atoms with Crippen LogP contribution in [0.25, 0.3) is 0 Å². The molecular formula is C12H21N3O4. The largest absolute Gasteiger partial charge is 0.480 e. The minimum atomic E-state index is -1.23. The highest BCUT2D eigenvalue weighted by Crippen LogP contribution is 2.29. The molecule has 2 amide bonds. The number of carbonyl (C=O) groups is 2. The van der Waals surface area contributed by atoms with Crippen LogP contribution in [0.4, 0.5) is 4.79 Å². The van der Waals surface area contributed by atoms with Gasteiger partial charge in [-0.2, -0.15) is 0 Å². The van der Waals surface area contributed by atoms with Gasteiger partial charge in [-0.1, -0.05) is 0 Å². The second kappa shape index (κ2) is 6.21. The normalized spacial score (nSPS) is 22.1. The lowest BCUT2D eigenvalue weighted by Crippen LogP contribution is -2.55. The Morgan fingerprint density at radius 1 is 1.21 bits per heavy atom. The Labute approximate surface area is 112 Å². The number of amides is 2. The van der Waals surface area contributed by atoms with Crippen LogP contribution in [0.3, 0.4) is 0 Å². The van der Waals surface area contributed by atoms with Gasteiger partial charge in [0.2, 0.25) is 0 Å². The third-order valence-corrected chi connectivity index (χ3v) is 3.65. The highest BCUT2D eigenvalue weighted by atomic mass is 16.4. The molecule has 1 atom stereocenters. The molecule has 7 heteroatoms. The van der Waals surface area contributed by atoms with E-state index in [0.717, 1.165) is 25.6 Å². The van der Waals surface area contributed by atoms with E-state index in [1.165, 1.54) is 12.8 Å². The number of aliphatic hydroxyl groups excluding tert-OH is 1. The third-order valence-electron chi connectivity index (χ3n) is 3.65. The van der Waals surface area contributed by atoms with E-state index in [2.05, 4.69) is 10.2 Å². The fourth-order valence-corrected chi connectivity index (χ4v) is 2.22. The standard InChI is InChI=1S/C12H21N3O4/c16-8-10(11(17)18)13-12(19)15-5-3-14(4-6-15)7-9-1-2-9/h9-10,16H,1-8H2,(H,13,19)(H,17,18). The summed E-state index contributed by atoms with van der Waals surface area (Å²) in [5, 5.41) is 20.0. The van der Waals surface area contributed by atoms with Crippen molar-refractivity contribution >= 4 is 12.0 Å². The fraction of sp³-hybridized carbons (Fsp3) is 0.833. The number of aliphatic hydroxyl groups is 1. The molecule has 0 spiro atoms. The summed E-state index contributed by atoms with van der Waals surface area (Å²) in [6.07, 6.45) is 2.63. The summed E-state index contributed by atoms with van der Waals surface area (Å²) in [5.74, 6) is -0.380. The predicted molar refractivity (Wildman–Crippen MR) is 67.8 cm³/mol. The van der Waals surface area contributed by atoms with Crippen molar-refractivity contribution in [2.75, 3.05) is 39.3 Å². The molecule has 0 bridgehead atoms. The van der Waals surface area contributed by atoms with Gasteiger partial charge < -0.3 is 20.4 Å². The van der Waals surface area contributed by atoms with E-state index in [1.807, 2.05) is 0 Å². The molecule has 0 aromatic heterocycles. The monoisotopic (exact) mass is 271 g/mol. The van der Waals surface area contributed by atoms with E-state index in [0.29, 0.717) is 13.1 Å². The molecule has 2 aliphatic rings. The summed E-state index contributed by atoms with van der Waals surface area (Å²) in [7, 11) is 0. The van der Waals surface area contributed by atoms with Gasteiger partial charge in [-0.25, -0.2) is 9.59 Å². The first-order valence-corrected chi connectivity index (χ1v) is 6.71. The number of hydrogen-bond acceptors (Lipinski definition) is 4. The maximum atomic E-state index is 11.8. The number of carbonyl (C=O) groups excluding carboxylic acids is 1.